The molecule has 3 aromatic heterocycles. The normalized spacial score (nSPS) is 18.9. The SMILES string of the molecule is OCc1cc2nccn2nc1-c1cnn(C2CCCCO2)c1. The molecule has 4 rings (SSSR count). The molecule has 3 aromatic rings. The van der Waals surface area contributed by atoms with Crippen molar-refractivity contribution in [2.24, 2.45) is 0 Å². The molecule has 1 aliphatic rings. The van der Waals surface area contributed by atoms with Crippen LogP contribution in [0.5, 0.6) is 0 Å². The first-order valence-electron chi connectivity index (χ1n) is 7.45. The van der Waals surface area contributed by atoms with Gasteiger partial charge in [0.2, 0.25) is 0 Å². The Labute approximate surface area is 127 Å². The lowest BCUT2D eigenvalue weighted by Gasteiger charge is -2.22. The van der Waals surface area contributed by atoms with Gasteiger partial charge in [-0.05, 0) is 25.3 Å². The van der Waals surface area contributed by atoms with Crippen molar-refractivity contribution in [2.75, 3.05) is 6.61 Å². The molecular weight excluding hydrogens is 282 g/mol. The Kier molecular flexibility index (Phi) is 3.36. The van der Waals surface area contributed by atoms with Crippen molar-refractivity contribution in [2.45, 2.75) is 32.1 Å². The lowest BCUT2D eigenvalue weighted by molar-refractivity contribution is -0.0394. The van der Waals surface area contributed by atoms with Gasteiger partial charge in [0.15, 0.2) is 5.65 Å². The van der Waals surface area contributed by atoms with Gasteiger partial charge in [-0.25, -0.2) is 14.2 Å². The molecular formula is C15H17N5O2. The maximum absolute atomic E-state index is 9.60. The molecule has 0 bridgehead atoms. The zero-order valence-corrected chi connectivity index (χ0v) is 12.1. The second-order valence-electron chi connectivity index (χ2n) is 5.44. The molecule has 0 amide bonds. The monoisotopic (exact) mass is 299 g/mol. The van der Waals surface area contributed by atoms with E-state index in [1.807, 2.05) is 16.9 Å². The maximum Gasteiger partial charge on any atom is 0.153 e. The highest BCUT2D eigenvalue weighted by Gasteiger charge is 2.18. The summed E-state index contributed by atoms with van der Waals surface area (Å²) >= 11 is 0. The molecule has 1 aliphatic heterocycles. The number of aliphatic hydroxyl groups excluding tert-OH is 1. The van der Waals surface area contributed by atoms with Gasteiger partial charge in [0.25, 0.3) is 0 Å². The molecule has 1 N–H and O–H groups in total. The fourth-order valence-corrected chi connectivity index (χ4v) is 2.81. The highest BCUT2D eigenvalue weighted by atomic mass is 16.5. The average molecular weight is 299 g/mol. The van der Waals surface area contributed by atoms with Crippen LogP contribution in [0.3, 0.4) is 0 Å². The number of aromatic nitrogens is 5. The number of hydrogen-bond acceptors (Lipinski definition) is 5. The first-order chi connectivity index (χ1) is 10.8. The Morgan fingerprint density at radius 1 is 1.36 bits per heavy atom. The minimum Gasteiger partial charge on any atom is -0.392 e. The van der Waals surface area contributed by atoms with Gasteiger partial charge in [0, 0.05) is 36.3 Å². The van der Waals surface area contributed by atoms with Crippen molar-refractivity contribution in [1.29, 1.82) is 0 Å². The third-order valence-electron chi connectivity index (χ3n) is 3.96. The number of imidazole rings is 1. The van der Waals surface area contributed by atoms with Gasteiger partial charge in [-0.15, -0.1) is 0 Å². The maximum atomic E-state index is 9.60. The highest BCUT2D eigenvalue weighted by molar-refractivity contribution is 5.63. The summed E-state index contributed by atoms with van der Waals surface area (Å²) in [5.74, 6) is 0. The summed E-state index contributed by atoms with van der Waals surface area (Å²) in [4.78, 5) is 4.19. The van der Waals surface area contributed by atoms with Crippen molar-refractivity contribution in [3.63, 3.8) is 0 Å². The summed E-state index contributed by atoms with van der Waals surface area (Å²) < 4.78 is 9.28. The van der Waals surface area contributed by atoms with E-state index >= 15 is 0 Å². The van der Waals surface area contributed by atoms with Crippen molar-refractivity contribution < 1.29 is 9.84 Å². The number of aliphatic hydroxyl groups is 1. The van der Waals surface area contributed by atoms with Crippen LogP contribution in [-0.4, -0.2) is 36.1 Å². The molecule has 22 heavy (non-hydrogen) atoms. The number of fused-ring (bicyclic) bond motifs is 1. The summed E-state index contributed by atoms with van der Waals surface area (Å²) in [6.45, 7) is 0.692. The van der Waals surface area contributed by atoms with Crippen molar-refractivity contribution in [3.8, 4) is 11.3 Å². The Morgan fingerprint density at radius 3 is 3.14 bits per heavy atom. The van der Waals surface area contributed by atoms with E-state index < -0.39 is 0 Å². The molecule has 0 aliphatic carbocycles. The predicted octanol–water partition coefficient (Wildman–Crippen LogP) is 1.78. The number of hydrogen-bond donors (Lipinski definition) is 1. The minimum atomic E-state index is -0.0865. The molecule has 1 atom stereocenters. The van der Waals surface area contributed by atoms with Crippen LogP contribution < -0.4 is 0 Å². The first kappa shape index (κ1) is 13.4. The van der Waals surface area contributed by atoms with Crippen LogP contribution in [0.15, 0.2) is 30.9 Å². The highest BCUT2D eigenvalue weighted by Crippen LogP contribution is 2.26. The number of rotatable bonds is 3. The number of nitrogens with zero attached hydrogens (tertiary/aromatic N) is 5. The fraction of sp³-hybridized carbons (Fsp3) is 0.400. The third kappa shape index (κ3) is 2.28. The van der Waals surface area contributed by atoms with E-state index in [2.05, 4.69) is 15.2 Å². The minimum absolute atomic E-state index is 0.00273. The van der Waals surface area contributed by atoms with Crippen molar-refractivity contribution >= 4 is 5.65 Å². The van der Waals surface area contributed by atoms with Crippen LogP contribution in [0.4, 0.5) is 0 Å². The molecule has 1 saturated heterocycles. The molecule has 0 saturated carbocycles. The zero-order chi connectivity index (χ0) is 14.9. The largest absolute Gasteiger partial charge is 0.392 e. The summed E-state index contributed by atoms with van der Waals surface area (Å²) in [6, 6.07) is 1.84. The second kappa shape index (κ2) is 5.51. The van der Waals surface area contributed by atoms with Crippen molar-refractivity contribution in [3.05, 3.63) is 36.4 Å². The summed E-state index contributed by atoms with van der Waals surface area (Å²) in [5.41, 5.74) is 3.04. The molecule has 4 heterocycles. The van der Waals surface area contributed by atoms with Crippen LogP contribution in [0.2, 0.25) is 0 Å². The molecule has 7 heteroatoms. The van der Waals surface area contributed by atoms with Gasteiger partial charge in [0.1, 0.15) is 11.9 Å². The van der Waals surface area contributed by atoms with E-state index in [0.717, 1.165) is 48.3 Å². The Hall–Kier alpha value is -2.25. The lowest BCUT2D eigenvalue weighted by atomic mass is 10.1. The quantitative estimate of drug-likeness (QED) is 0.797. The summed E-state index contributed by atoms with van der Waals surface area (Å²) in [5, 5.41) is 18.5. The smallest absolute Gasteiger partial charge is 0.153 e. The van der Waals surface area contributed by atoms with E-state index in [4.69, 9.17) is 4.74 Å². The van der Waals surface area contributed by atoms with Crippen molar-refractivity contribution in [1.82, 2.24) is 24.4 Å². The second-order valence-corrected chi connectivity index (χ2v) is 5.44. The lowest BCUT2D eigenvalue weighted by Crippen LogP contribution is -2.18. The Bertz CT molecular complexity index is 788. The molecule has 114 valence electrons. The molecule has 1 unspecified atom stereocenters. The van der Waals surface area contributed by atoms with Gasteiger partial charge in [-0.2, -0.15) is 10.2 Å². The van der Waals surface area contributed by atoms with Gasteiger partial charge in [-0.1, -0.05) is 0 Å². The summed E-state index contributed by atoms with van der Waals surface area (Å²) in [7, 11) is 0. The first-order valence-corrected chi connectivity index (χ1v) is 7.45. The van der Waals surface area contributed by atoms with E-state index in [-0.39, 0.29) is 12.8 Å². The van der Waals surface area contributed by atoms with Crippen LogP contribution in [0.1, 0.15) is 31.1 Å². The molecule has 1 fully saturated rings. The standard InChI is InChI=1S/C15H17N5O2/c21-10-11-7-13-16-4-5-19(13)18-15(11)12-8-17-20(9-12)14-3-1-2-6-22-14/h4-5,7-9,14,21H,1-3,6,10H2. The summed E-state index contributed by atoms with van der Waals surface area (Å²) in [6.07, 6.45) is 10.4. The number of ether oxygens (including phenoxy) is 1. The predicted molar refractivity (Wildman–Crippen MR) is 79.0 cm³/mol. The van der Waals surface area contributed by atoms with E-state index in [9.17, 15) is 5.11 Å². The molecule has 0 spiro atoms. The average Bonchev–Trinajstić information content (AvgIpc) is 3.23. The van der Waals surface area contributed by atoms with E-state index in [1.165, 1.54) is 0 Å². The molecule has 0 radical (unpaired) electrons. The van der Waals surface area contributed by atoms with Gasteiger partial charge < -0.3 is 9.84 Å². The van der Waals surface area contributed by atoms with Gasteiger partial charge >= 0.3 is 0 Å². The van der Waals surface area contributed by atoms with Crippen LogP contribution in [0.25, 0.3) is 16.9 Å². The third-order valence-corrected chi connectivity index (χ3v) is 3.96. The van der Waals surface area contributed by atoms with Gasteiger partial charge in [-0.3, -0.25) is 0 Å². The van der Waals surface area contributed by atoms with Crippen LogP contribution >= 0.6 is 0 Å². The fourth-order valence-electron chi connectivity index (χ4n) is 2.81. The van der Waals surface area contributed by atoms with Gasteiger partial charge in [0.05, 0.1) is 12.8 Å². The van der Waals surface area contributed by atoms with Crippen LogP contribution in [-0.2, 0) is 11.3 Å². The topological polar surface area (TPSA) is 77.5 Å². The van der Waals surface area contributed by atoms with E-state index in [0.29, 0.717) is 0 Å². The Balaban J connectivity index is 1.73. The van der Waals surface area contributed by atoms with Crippen LogP contribution in [0, 0.1) is 0 Å². The molecule has 7 nitrogen and oxygen atoms in total. The molecule has 0 aromatic carbocycles. The zero-order valence-electron chi connectivity index (χ0n) is 12.1. The Morgan fingerprint density at radius 2 is 2.32 bits per heavy atom. The van der Waals surface area contributed by atoms with E-state index in [1.54, 1.807) is 23.1 Å².